The van der Waals surface area contributed by atoms with Gasteiger partial charge in [0.15, 0.2) is 0 Å². The summed E-state index contributed by atoms with van der Waals surface area (Å²) in [4.78, 5) is 4.33. The van der Waals surface area contributed by atoms with Crippen LogP contribution in [0.2, 0.25) is 0 Å². The van der Waals surface area contributed by atoms with Crippen molar-refractivity contribution >= 4 is 22.3 Å². The quantitative estimate of drug-likeness (QED) is 0.636. The van der Waals surface area contributed by atoms with Gasteiger partial charge in [-0.3, -0.25) is 0 Å². The number of phenols is 1. The predicted molar refractivity (Wildman–Crippen MR) is 81.6 cm³/mol. The van der Waals surface area contributed by atoms with Gasteiger partial charge < -0.3 is 16.2 Å². The Morgan fingerprint density at radius 2 is 1.85 bits per heavy atom. The molecule has 4 heteroatoms. The van der Waals surface area contributed by atoms with Crippen LogP contribution < -0.4 is 11.1 Å². The zero-order valence-corrected chi connectivity index (χ0v) is 10.9. The van der Waals surface area contributed by atoms with E-state index in [1.54, 1.807) is 18.3 Å². The maximum Gasteiger partial charge on any atom is 0.134 e. The van der Waals surface area contributed by atoms with Crippen molar-refractivity contribution in [3.05, 3.63) is 60.3 Å². The van der Waals surface area contributed by atoms with E-state index in [0.717, 1.165) is 27.8 Å². The van der Waals surface area contributed by atoms with E-state index in [-0.39, 0.29) is 5.75 Å². The fourth-order valence-corrected chi connectivity index (χ4v) is 2.12. The summed E-state index contributed by atoms with van der Waals surface area (Å²) in [5.74, 6) is 0.997. The molecule has 4 nitrogen and oxygen atoms in total. The van der Waals surface area contributed by atoms with Gasteiger partial charge in [0, 0.05) is 23.8 Å². The molecule has 0 amide bonds. The zero-order valence-electron chi connectivity index (χ0n) is 10.9. The minimum atomic E-state index is 0.237. The Hall–Kier alpha value is -2.75. The van der Waals surface area contributed by atoms with Gasteiger partial charge in [-0.25, -0.2) is 4.98 Å². The smallest absolute Gasteiger partial charge is 0.134 e. The van der Waals surface area contributed by atoms with E-state index in [1.165, 1.54) is 0 Å². The second-order valence-corrected chi connectivity index (χ2v) is 4.66. The Kier molecular flexibility index (Phi) is 3.13. The van der Waals surface area contributed by atoms with Gasteiger partial charge in [-0.05, 0) is 41.3 Å². The SMILES string of the molecule is Nc1ccc(CNc2nccc3ccc(O)cc23)cc1. The zero-order chi connectivity index (χ0) is 13.9. The molecule has 1 aromatic heterocycles. The molecular weight excluding hydrogens is 250 g/mol. The molecule has 3 aromatic rings. The van der Waals surface area contributed by atoms with Gasteiger partial charge in [0.1, 0.15) is 11.6 Å². The van der Waals surface area contributed by atoms with Crippen molar-refractivity contribution in [2.24, 2.45) is 0 Å². The lowest BCUT2D eigenvalue weighted by Crippen LogP contribution is -2.02. The van der Waals surface area contributed by atoms with E-state index in [2.05, 4.69) is 10.3 Å². The summed E-state index contributed by atoms with van der Waals surface area (Å²) < 4.78 is 0. The number of pyridine rings is 1. The highest BCUT2D eigenvalue weighted by Gasteiger charge is 2.03. The number of hydrogen-bond donors (Lipinski definition) is 3. The Morgan fingerprint density at radius 3 is 2.65 bits per heavy atom. The average Bonchev–Trinajstić information content (AvgIpc) is 2.47. The van der Waals surface area contributed by atoms with Gasteiger partial charge >= 0.3 is 0 Å². The fraction of sp³-hybridized carbons (Fsp3) is 0.0625. The standard InChI is InChI=1S/C16H15N3O/c17-13-4-1-11(2-5-13)10-19-16-15-9-14(20)6-3-12(15)7-8-18-16/h1-9,20H,10,17H2,(H,18,19). The summed E-state index contributed by atoms with van der Waals surface area (Å²) in [5.41, 5.74) is 7.54. The maximum atomic E-state index is 9.60. The second-order valence-electron chi connectivity index (χ2n) is 4.66. The van der Waals surface area contributed by atoms with Crippen LogP contribution in [0, 0.1) is 0 Å². The van der Waals surface area contributed by atoms with E-state index in [9.17, 15) is 5.11 Å². The third kappa shape index (κ3) is 2.49. The van der Waals surface area contributed by atoms with Crippen LogP contribution in [0.3, 0.4) is 0 Å². The average molecular weight is 265 g/mol. The monoisotopic (exact) mass is 265 g/mol. The summed E-state index contributed by atoms with van der Waals surface area (Å²) in [6.45, 7) is 0.655. The molecular formula is C16H15N3O. The number of nitrogen functional groups attached to an aromatic ring is 1. The summed E-state index contributed by atoms with van der Waals surface area (Å²) in [5, 5.41) is 14.8. The number of fused-ring (bicyclic) bond motifs is 1. The fourth-order valence-electron chi connectivity index (χ4n) is 2.12. The number of benzene rings is 2. The molecule has 0 saturated heterocycles. The Morgan fingerprint density at radius 1 is 1.05 bits per heavy atom. The van der Waals surface area contributed by atoms with Crippen molar-refractivity contribution in [2.75, 3.05) is 11.1 Å². The van der Waals surface area contributed by atoms with E-state index in [1.807, 2.05) is 36.4 Å². The van der Waals surface area contributed by atoms with Crippen molar-refractivity contribution in [2.45, 2.75) is 6.54 Å². The van der Waals surface area contributed by atoms with Crippen molar-refractivity contribution in [1.29, 1.82) is 0 Å². The molecule has 100 valence electrons. The van der Waals surface area contributed by atoms with E-state index < -0.39 is 0 Å². The highest BCUT2D eigenvalue weighted by Crippen LogP contribution is 2.25. The number of aromatic nitrogens is 1. The molecule has 0 aliphatic carbocycles. The van der Waals surface area contributed by atoms with Gasteiger partial charge in [0.05, 0.1) is 0 Å². The van der Waals surface area contributed by atoms with Crippen LogP contribution in [0.15, 0.2) is 54.7 Å². The summed E-state index contributed by atoms with van der Waals surface area (Å²) in [6.07, 6.45) is 1.75. The summed E-state index contributed by atoms with van der Waals surface area (Å²) in [6, 6.07) is 14.9. The predicted octanol–water partition coefficient (Wildman–Crippen LogP) is 3.13. The van der Waals surface area contributed by atoms with Crippen molar-refractivity contribution in [1.82, 2.24) is 4.98 Å². The first-order valence-electron chi connectivity index (χ1n) is 6.38. The number of nitrogens with zero attached hydrogens (tertiary/aromatic N) is 1. The van der Waals surface area contributed by atoms with Crippen molar-refractivity contribution in [3.8, 4) is 5.75 Å². The van der Waals surface area contributed by atoms with Crippen LogP contribution in [0.25, 0.3) is 10.8 Å². The molecule has 3 rings (SSSR count). The number of anilines is 2. The first kappa shape index (κ1) is 12.3. The van der Waals surface area contributed by atoms with Crippen LogP contribution in [-0.2, 0) is 6.54 Å². The molecule has 0 bridgehead atoms. The highest BCUT2D eigenvalue weighted by atomic mass is 16.3. The van der Waals surface area contributed by atoms with E-state index >= 15 is 0 Å². The third-order valence-corrected chi connectivity index (χ3v) is 3.19. The van der Waals surface area contributed by atoms with Crippen LogP contribution in [0.4, 0.5) is 11.5 Å². The van der Waals surface area contributed by atoms with Crippen LogP contribution in [0.5, 0.6) is 5.75 Å². The van der Waals surface area contributed by atoms with E-state index in [4.69, 9.17) is 5.73 Å². The lowest BCUT2D eigenvalue weighted by molar-refractivity contribution is 0.476. The molecule has 1 heterocycles. The minimum absolute atomic E-state index is 0.237. The van der Waals surface area contributed by atoms with Gasteiger partial charge in [0.2, 0.25) is 0 Å². The molecule has 0 fully saturated rings. The number of aromatic hydroxyl groups is 1. The van der Waals surface area contributed by atoms with Crippen molar-refractivity contribution in [3.63, 3.8) is 0 Å². The molecule has 0 aliphatic rings. The second kappa shape index (κ2) is 5.09. The number of hydrogen-bond acceptors (Lipinski definition) is 4. The highest BCUT2D eigenvalue weighted by molar-refractivity contribution is 5.92. The molecule has 0 unspecified atom stereocenters. The molecule has 20 heavy (non-hydrogen) atoms. The normalized spacial score (nSPS) is 10.6. The molecule has 0 saturated carbocycles. The maximum absolute atomic E-state index is 9.60. The number of phenolic OH excluding ortho intramolecular Hbond substituents is 1. The van der Waals surface area contributed by atoms with Gasteiger partial charge in [-0.2, -0.15) is 0 Å². The van der Waals surface area contributed by atoms with Crippen LogP contribution >= 0.6 is 0 Å². The molecule has 0 aliphatic heterocycles. The van der Waals surface area contributed by atoms with E-state index in [0.29, 0.717) is 6.54 Å². The van der Waals surface area contributed by atoms with Crippen molar-refractivity contribution < 1.29 is 5.11 Å². The molecule has 4 N–H and O–H groups in total. The van der Waals surface area contributed by atoms with Gasteiger partial charge in [-0.15, -0.1) is 0 Å². The Balaban J connectivity index is 1.87. The minimum Gasteiger partial charge on any atom is -0.508 e. The lowest BCUT2D eigenvalue weighted by Gasteiger charge is -2.09. The molecule has 0 radical (unpaired) electrons. The summed E-state index contributed by atoms with van der Waals surface area (Å²) >= 11 is 0. The van der Waals surface area contributed by atoms with Gasteiger partial charge in [0.25, 0.3) is 0 Å². The van der Waals surface area contributed by atoms with Crippen LogP contribution in [0.1, 0.15) is 5.56 Å². The molecule has 2 aromatic carbocycles. The topological polar surface area (TPSA) is 71.2 Å². The molecule has 0 spiro atoms. The first-order chi connectivity index (χ1) is 9.72. The van der Waals surface area contributed by atoms with Crippen LogP contribution in [-0.4, -0.2) is 10.1 Å². The third-order valence-electron chi connectivity index (χ3n) is 3.19. The number of nitrogens with two attached hydrogens (primary N) is 1. The first-order valence-corrected chi connectivity index (χ1v) is 6.38. The lowest BCUT2D eigenvalue weighted by atomic mass is 10.1. The Bertz CT molecular complexity index is 738. The number of rotatable bonds is 3. The largest absolute Gasteiger partial charge is 0.508 e. The van der Waals surface area contributed by atoms with Gasteiger partial charge in [-0.1, -0.05) is 18.2 Å². The Labute approximate surface area is 116 Å². The molecule has 0 atom stereocenters. The summed E-state index contributed by atoms with van der Waals surface area (Å²) in [7, 11) is 0. The number of nitrogens with one attached hydrogen (secondary N) is 1.